The third kappa shape index (κ3) is 3.11. The van der Waals surface area contributed by atoms with E-state index in [2.05, 4.69) is 10.4 Å². The van der Waals surface area contributed by atoms with E-state index < -0.39 is 0 Å². The van der Waals surface area contributed by atoms with Crippen molar-refractivity contribution in [3.05, 3.63) is 41.7 Å². The minimum Gasteiger partial charge on any atom is -0.493 e. The fourth-order valence-corrected chi connectivity index (χ4v) is 2.24. The van der Waals surface area contributed by atoms with Crippen LogP contribution in [0.2, 0.25) is 0 Å². The second kappa shape index (κ2) is 6.43. The van der Waals surface area contributed by atoms with E-state index in [1.807, 2.05) is 49.2 Å². The van der Waals surface area contributed by atoms with E-state index in [1.54, 1.807) is 14.2 Å². The van der Waals surface area contributed by atoms with Gasteiger partial charge in [0.1, 0.15) is 0 Å². The number of aromatic nitrogens is 2. The van der Waals surface area contributed by atoms with Crippen molar-refractivity contribution in [3.8, 4) is 11.5 Å². The number of hydrogen-bond donors (Lipinski definition) is 1. The van der Waals surface area contributed by atoms with E-state index in [0.29, 0.717) is 0 Å². The Morgan fingerprint density at radius 1 is 1.20 bits per heavy atom. The maximum absolute atomic E-state index is 5.35. The topological polar surface area (TPSA) is 48.3 Å². The lowest BCUT2D eigenvalue weighted by atomic mass is 10.0. The summed E-state index contributed by atoms with van der Waals surface area (Å²) >= 11 is 0. The average molecular weight is 275 g/mol. The Bertz CT molecular complexity index is 566. The number of nitrogens with one attached hydrogen (secondary N) is 1. The highest BCUT2D eigenvalue weighted by molar-refractivity contribution is 5.44. The zero-order valence-electron chi connectivity index (χ0n) is 12.4. The lowest BCUT2D eigenvalue weighted by Gasteiger charge is -2.17. The fourth-order valence-electron chi connectivity index (χ4n) is 2.24. The number of benzene rings is 1. The van der Waals surface area contributed by atoms with Crippen molar-refractivity contribution in [2.75, 3.05) is 21.3 Å². The molecule has 0 aliphatic heterocycles. The first-order valence-electron chi connectivity index (χ1n) is 6.55. The molecule has 1 unspecified atom stereocenters. The average Bonchev–Trinajstić information content (AvgIpc) is 2.89. The first-order chi connectivity index (χ1) is 9.67. The summed E-state index contributed by atoms with van der Waals surface area (Å²) in [5, 5.41) is 7.74. The van der Waals surface area contributed by atoms with Crippen molar-refractivity contribution >= 4 is 0 Å². The minimum absolute atomic E-state index is 0.185. The van der Waals surface area contributed by atoms with E-state index in [1.165, 1.54) is 0 Å². The summed E-state index contributed by atoms with van der Waals surface area (Å²) in [4.78, 5) is 0. The zero-order valence-corrected chi connectivity index (χ0v) is 12.4. The van der Waals surface area contributed by atoms with Gasteiger partial charge in [-0.25, -0.2) is 0 Å². The molecule has 0 bridgehead atoms. The van der Waals surface area contributed by atoms with Gasteiger partial charge in [0.15, 0.2) is 11.5 Å². The van der Waals surface area contributed by atoms with Gasteiger partial charge in [0.25, 0.3) is 0 Å². The molecule has 1 N–H and O–H groups in total. The molecule has 1 aromatic heterocycles. The van der Waals surface area contributed by atoms with Crippen molar-refractivity contribution in [1.29, 1.82) is 0 Å². The van der Waals surface area contributed by atoms with Crippen LogP contribution in [0.3, 0.4) is 0 Å². The van der Waals surface area contributed by atoms with Crippen LogP contribution in [0.5, 0.6) is 11.5 Å². The van der Waals surface area contributed by atoms with E-state index in [-0.39, 0.29) is 6.04 Å². The van der Waals surface area contributed by atoms with Crippen LogP contribution in [0.4, 0.5) is 0 Å². The molecule has 5 nitrogen and oxygen atoms in total. The van der Waals surface area contributed by atoms with Gasteiger partial charge in [-0.3, -0.25) is 4.68 Å². The molecule has 0 spiro atoms. The van der Waals surface area contributed by atoms with E-state index in [9.17, 15) is 0 Å². The van der Waals surface area contributed by atoms with Gasteiger partial charge in [0.2, 0.25) is 0 Å². The molecule has 0 fully saturated rings. The van der Waals surface area contributed by atoms with Crippen LogP contribution >= 0.6 is 0 Å². The lowest BCUT2D eigenvalue weighted by molar-refractivity contribution is 0.354. The number of aryl methyl sites for hydroxylation is 1. The summed E-state index contributed by atoms with van der Waals surface area (Å²) in [6.07, 6.45) is 2.78. The Kier molecular flexibility index (Phi) is 4.63. The number of ether oxygens (including phenoxy) is 2. The molecule has 2 rings (SSSR count). The molecule has 0 aliphatic carbocycles. The lowest BCUT2D eigenvalue weighted by Crippen LogP contribution is -2.19. The maximum Gasteiger partial charge on any atom is 0.161 e. The molecule has 0 aliphatic rings. The number of rotatable bonds is 6. The van der Waals surface area contributed by atoms with Crippen LogP contribution in [-0.4, -0.2) is 31.0 Å². The number of nitrogens with zero attached hydrogens (tertiary/aromatic N) is 2. The normalized spacial score (nSPS) is 12.2. The summed E-state index contributed by atoms with van der Waals surface area (Å²) in [5.41, 5.74) is 2.21. The van der Waals surface area contributed by atoms with Gasteiger partial charge >= 0.3 is 0 Å². The third-order valence-corrected chi connectivity index (χ3v) is 3.34. The monoisotopic (exact) mass is 275 g/mol. The van der Waals surface area contributed by atoms with Crippen LogP contribution in [0.25, 0.3) is 0 Å². The molecule has 0 radical (unpaired) electrons. The first kappa shape index (κ1) is 14.4. The number of likely N-dealkylation sites (N-methyl/N-ethyl adjacent to an activating group) is 1. The number of methoxy groups -OCH3 is 2. The Hall–Kier alpha value is -2.01. The van der Waals surface area contributed by atoms with Gasteiger partial charge in [0.05, 0.1) is 19.9 Å². The predicted octanol–water partition coefficient (Wildman–Crippen LogP) is 1.94. The second-order valence-corrected chi connectivity index (χ2v) is 4.64. The van der Waals surface area contributed by atoms with Gasteiger partial charge in [-0.05, 0) is 30.8 Å². The summed E-state index contributed by atoms with van der Waals surface area (Å²) in [6, 6.07) is 8.20. The van der Waals surface area contributed by atoms with E-state index in [4.69, 9.17) is 9.47 Å². The van der Waals surface area contributed by atoms with Gasteiger partial charge in [0, 0.05) is 25.7 Å². The highest BCUT2D eigenvalue weighted by Crippen LogP contribution is 2.30. The summed E-state index contributed by atoms with van der Waals surface area (Å²) in [5.74, 6) is 1.48. The van der Waals surface area contributed by atoms with Crippen LogP contribution in [0.15, 0.2) is 30.5 Å². The molecule has 0 amide bonds. The molecular weight excluding hydrogens is 254 g/mol. The Morgan fingerprint density at radius 2 is 1.95 bits per heavy atom. The molecule has 1 atom stereocenters. The van der Waals surface area contributed by atoms with Gasteiger partial charge in [-0.15, -0.1) is 0 Å². The zero-order chi connectivity index (χ0) is 14.5. The molecule has 5 heteroatoms. The summed E-state index contributed by atoms with van der Waals surface area (Å²) in [6.45, 7) is 0. The first-order valence-corrected chi connectivity index (χ1v) is 6.55. The van der Waals surface area contributed by atoms with Crippen LogP contribution in [0, 0.1) is 0 Å². The number of hydrogen-bond acceptors (Lipinski definition) is 4. The van der Waals surface area contributed by atoms with E-state index >= 15 is 0 Å². The standard InChI is InChI=1S/C15H21N3O2/c1-16-13(10-12-7-8-18(2)17-12)11-5-6-14(19-3)15(9-11)20-4/h5-9,13,16H,10H2,1-4H3. The van der Waals surface area contributed by atoms with Crippen LogP contribution in [-0.2, 0) is 13.5 Å². The molecular formula is C15H21N3O2. The Morgan fingerprint density at radius 3 is 2.50 bits per heavy atom. The predicted molar refractivity (Wildman–Crippen MR) is 78.3 cm³/mol. The summed E-state index contributed by atoms with van der Waals surface area (Å²) in [7, 11) is 7.16. The third-order valence-electron chi connectivity index (χ3n) is 3.34. The Balaban J connectivity index is 2.22. The van der Waals surface area contributed by atoms with Crippen molar-refractivity contribution in [1.82, 2.24) is 15.1 Å². The highest BCUT2D eigenvalue weighted by Gasteiger charge is 2.14. The molecule has 0 saturated heterocycles. The SMILES string of the molecule is CNC(Cc1ccn(C)n1)c1ccc(OC)c(OC)c1. The molecule has 0 saturated carbocycles. The van der Waals surface area contributed by atoms with Crippen molar-refractivity contribution in [2.24, 2.45) is 7.05 Å². The smallest absolute Gasteiger partial charge is 0.161 e. The molecule has 108 valence electrons. The molecule has 20 heavy (non-hydrogen) atoms. The van der Waals surface area contributed by atoms with Crippen molar-refractivity contribution < 1.29 is 9.47 Å². The molecule has 1 aromatic carbocycles. The Labute approximate surface area is 119 Å². The van der Waals surface area contributed by atoms with Gasteiger partial charge in [-0.2, -0.15) is 5.10 Å². The quantitative estimate of drug-likeness (QED) is 0.875. The maximum atomic E-state index is 5.35. The van der Waals surface area contributed by atoms with Crippen LogP contribution in [0.1, 0.15) is 17.3 Å². The highest BCUT2D eigenvalue weighted by atomic mass is 16.5. The van der Waals surface area contributed by atoms with Gasteiger partial charge in [-0.1, -0.05) is 6.07 Å². The summed E-state index contributed by atoms with van der Waals surface area (Å²) < 4.78 is 12.4. The second-order valence-electron chi connectivity index (χ2n) is 4.64. The minimum atomic E-state index is 0.185. The molecule has 2 aromatic rings. The fraction of sp³-hybridized carbons (Fsp3) is 0.400. The van der Waals surface area contributed by atoms with E-state index in [0.717, 1.165) is 29.2 Å². The van der Waals surface area contributed by atoms with Crippen molar-refractivity contribution in [3.63, 3.8) is 0 Å². The van der Waals surface area contributed by atoms with Gasteiger partial charge < -0.3 is 14.8 Å². The molecule has 1 heterocycles. The van der Waals surface area contributed by atoms with Crippen molar-refractivity contribution in [2.45, 2.75) is 12.5 Å². The van der Waals surface area contributed by atoms with Crippen LogP contribution < -0.4 is 14.8 Å². The largest absolute Gasteiger partial charge is 0.493 e.